The molecular weight excluding hydrogens is 296 g/mol. The number of carbonyl (C=O) groups is 1. The van der Waals surface area contributed by atoms with Gasteiger partial charge in [0, 0.05) is 23.2 Å². The van der Waals surface area contributed by atoms with Crippen LogP contribution in [0.25, 0.3) is 0 Å². The van der Waals surface area contributed by atoms with Crippen molar-refractivity contribution < 1.29 is 24.5 Å². The van der Waals surface area contributed by atoms with Crippen molar-refractivity contribution in [2.75, 3.05) is 6.61 Å². The van der Waals surface area contributed by atoms with Crippen LogP contribution in [0.2, 0.25) is 0 Å². The van der Waals surface area contributed by atoms with Gasteiger partial charge < -0.3 is 19.7 Å². The number of aliphatic hydroxyl groups is 2. The smallest absolute Gasteiger partial charge is 0.200 e. The summed E-state index contributed by atoms with van der Waals surface area (Å²) in [5, 5.41) is 22.2. The highest BCUT2D eigenvalue weighted by Gasteiger charge is 2.94. The van der Waals surface area contributed by atoms with Gasteiger partial charge in [-0.1, -0.05) is 12.5 Å². The van der Waals surface area contributed by atoms with Gasteiger partial charge in [0.25, 0.3) is 0 Å². The molecule has 124 valence electrons. The molecule has 0 bridgehead atoms. The van der Waals surface area contributed by atoms with E-state index in [1.54, 1.807) is 0 Å². The number of epoxide rings is 1. The second-order valence-corrected chi connectivity index (χ2v) is 8.82. The Balaban J connectivity index is 1.67. The Hall–Kier alpha value is -0.750. The standard InChI is InChI=1S/C18H22O5/c1-8-3-4-16(21)7-17-9-6-22-10(9)5-11-18(17,23-11)14(20)13(19)12(8)15(16,17)2/h9-11,13,19,21H,3-7H2,1-2H3/t9-,10-,11?,13-,15?,16-,17?,18-/m1/s1. The zero-order valence-corrected chi connectivity index (χ0v) is 13.5. The summed E-state index contributed by atoms with van der Waals surface area (Å²) >= 11 is 0. The third-order valence-electron chi connectivity index (χ3n) is 8.60. The first kappa shape index (κ1) is 13.5. The highest BCUT2D eigenvalue weighted by Crippen LogP contribution is 2.85. The van der Waals surface area contributed by atoms with Gasteiger partial charge in [-0.2, -0.15) is 0 Å². The molecule has 2 heterocycles. The zero-order chi connectivity index (χ0) is 16.0. The molecule has 4 aliphatic carbocycles. The largest absolute Gasteiger partial charge is 0.389 e. The molecule has 2 N–H and O–H groups in total. The Labute approximate surface area is 134 Å². The molecule has 8 atom stereocenters. The van der Waals surface area contributed by atoms with Crippen molar-refractivity contribution in [2.45, 2.75) is 69.0 Å². The van der Waals surface area contributed by atoms with Crippen molar-refractivity contribution in [3.05, 3.63) is 11.1 Å². The molecule has 6 rings (SSSR count). The van der Waals surface area contributed by atoms with Crippen LogP contribution < -0.4 is 0 Å². The van der Waals surface area contributed by atoms with Gasteiger partial charge in [-0.15, -0.1) is 0 Å². The molecule has 23 heavy (non-hydrogen) atoms. The summed E-state index contributed by atoms with van der Waals surface area (Å²) in [5.74, 6) is 0.0903. The normalized spacial score (nSPS) is 64.8. The summed E-state index contributed by atoms with van der Waals surface area (Å²) in [6.07, 6.45) is 1.69. The molecule has 2 spiro atoms. The Morgan fingerprint density at radius 2 is 2.13 bits per heavy atom. The summed E-state index contributed by atoms with van der Waals surface area (Å²) < 4.78 is 11.8. The van der Waals surface area contributed by atoms with Gasteiger partial charge in [-0.25, -0.2) is 0 Å². The zero-order valence-electron chi connectivity index (χ0n) is 13.5. The van der Waals surface area contributed by atoms with E-state index in [2.05, 4.69) is 6.92 Å². The Kier molecular flexibility index (Phi) is 1.95. The number of rotatable bonds is 0. The molecule has 0 aromatic carbocycles. The van der Waals surface area contributed by atoms with Crippen LogP contribution in [0.3, 0.4) is 0 Å². The van der Waals surface area contributed by atoms with Gasteiger partial charge in [-0.3, -0.25) is 4.79 Å². The summed E-state index contributed by atoms with van der Waals surface area (Å²) in [4.78, 5) is 13.1. The summed E-state index contributed by atoms with van der Waals surface area (Å²) in [7, 11) is 0. The molecule has 6 aliphatic rings. The van der Waals surface area contributed by atoms with Crippen LogP contribution in [0.15, 0.2) is 11.1 Å². The van der Waals surface area contributed by atoms with Crippen LogP contribution in [0.5, 0.6) is 0 Å². The van der Waals surface area contributed by atoms with Crippen molar-refractivity contribution >= 4 is 5.78 Å². The number of ketones is 1. The lowest BCUT2D eigenvalue weighted by atomic mass is 9.26. The summed E-state index contributed by atoms with van der Waals surface area (Å²) in [6.45, 7) is 4.72. The average molecular weight is 318 g/mol. The third-order valence-corrected chi connectivity index (χ3v) is 8.60. The minimum atomic E-state index is -1.12. The monoisotopic (exact) mass is 318 g/mol. The summed E-state index contributed by atoms with van der Waals surface area (Å²) in [5.41, 5.74) is -0.809. The maximum absolute atomic E-state index is 13.1. The predicted octanol–water partition coefficient (Wildman–Crippen LogP) is 0.724. The van der Waals surface area contributed by atoms with E-state index < -0.39 is 28.1 Å². The number of hydrogen-bond acceptors (Lipinski definition) is 5. The lowest BCUT2D eigenvalue weighted by Crippen LogP contribution is -2.86. The number of allylic oxidation sites excluding steroid dienone is 1. The number of ether oxygens (including phenoxy) is 2. The topological polar surface area (TPSA) is 79.3 Å². The van der Waals surface area contributed by atoms with Crippen molar-refractivity contribution in [1.29, 1.82) is 0 Å². The Morgan fingerprint density at radius 1 is 1.35 bits per heavy atom. The first-order valence-corrected chi connectivity index (χ1v) is 8.78. The molecule has 5 nitrogen and oxygen atoms in total. The van der Waals surface area contributed by atoms with Crippen LogP contribution >= 0.6 is 0 Å². The van der Waals surface area contributed by atoms with E-state index in [4.69, 9.17) is 9.47 Å². The van der Waals surface area contributed by atoms with E-state index in [1.807, 2.05) is 6.92 Å². The fourth-order valence-electron chi connectivity index (χ4n) is 7.49. The van der Waals surface area contributed by atoms with Crippen LogP contribution in [-0.4, -0.2) is 52.1 Å². The van der Waals surface area contributed by atoms with Crippen molar-refractivity contribution in [2.24, 2.45) is 16.7 Å². The fraction of sp³-hybridized carbons (Fsp3) is 0.833. The predicted molar refractivity (Wildman–Crippen MR) is 78.5 cm³/mol. The lowest BCUT2D eigenvalue weighted by Gasteiger charge is -2.78. The molecule has 5 fully saturated rings. The minimum absolute atomic E-state index is 0.142. The van der Waals surface area contributed by atoms with E-state index in [-0.39, 0.29) is 23.9 Å². The third kappa shape index (κ3) is 0.967. The number of aliphatic hydroxyl groups excluding tert-OH is 1. The molecule has 0 aromatic rings. The van der Waals surface area contributed by atoms with Gasteiger partial charge in [-0.05, 0) is 31.8 Å². The van der Waals surface area contributed by atoms with E-state index >= 15 is 0 Å². The van der Waals surface area contributed by atoms with Crippen molar-refractivity contribution in [1.82, 2.24) is 0 Å². The molecule has 3 saturated carbocycles. The Bertz CT molecular complexity index is 714. The summed E-state index contributed by atoms with van der Waals surface area (Å²) in [6, 6.07) is 0. The average Bonchev–Trinajstić information content (AvgIpc) is 3.20. The molecule has 0 aromatic heterocycles. The van der Waals surface area contributed by atoms with Gasteiger partial charge in [0.15, 0.2) is 5.60 Å². The lowest BCUT2D eigenvalue weighted by molar-refractivity contribution is -0.345. The minimum Gasteiger partial charge on any atom is -0.389 e. The number of Topliss-reactive ketones (excluding diaryl/α,β-unsaturated/α-hetero) is 1. The van der Waals surface area contributed by atoms with Crippen molar-refractivity contribution in [3.63, 3.8) is 0 Å². The van der Waals surface area contributed by atoms with Crippen molar-refractivity contribution in [3.8, 4) is 0 Å². The fourth-order valence-corrected chi connectivity index (χ4v) is 7.49. The van der Waals surface area contributed by atoms with Crippen LogP contribution in [-0.2, 0) is 14.3 Å². The molecule has 5 heteroatoms. The van der Waals surface area contributed by atoms with E-state index in [9.17, 15) is 15.0 Å². The van der Waals surface area contributed by atoms with Gasteiger partial charge >= 0.3 is 0 Å². The molecule has 3 unspecified atom stereocenters. The van der Waals surface area contributed by atoms with Crippen LogP contribution in [0.1, 0.15) is 39.5 Å². The maximum atomic E-state index is 13.1. The van der Waals surface area contributed by atoms with Crippen LogP contribution in [0.4, 0.5) is 0 Å². The molecule has 2 aliphatic heterocycles. The van der Waals surface area contributed by atoms with E-state index in [0.29, 0.717) is 19.4 Å². The highest BCUT2D eigenvalue weighted by atomic mass is 16.6. The SMILES string of the molecule is CC1=C2[C@@H](O)C(=O)[C@]34OC3C[C@H]3OC[C@H]3C43C[C@](O)(CC1)C23C. The molecular formula is C18H22O5. The molecule has 0 amide bonds. The highest BCUT2D eigenvalue weighted by molar-refractivity contribution is 6.01. The maximum Gasteiger partial charge on any atom is 0.200 e. The molecule has 2 saturated heterocycles. The Morgan fingerprint density at radius 3 is 2.83 bits per heavy atom. The number of carbonyl (C=O) groups excluding carboxylic acids is 1. The second kappa shape index (κ2) is 3.32. The number of fused-ring (bicyclic) bond motifs is 1. The van der Waals surface area contributed by atoms with Gasteiger partial charge in [0.05, 0.1) is 24.4 Å². The first-order chi connectivity index (χ1) is 10.8. The molecule has 0 radical (unpaired) electrons. The van der Waals surface area contributed by atoms with E-state index in [1.165, 1.54) is 0 Å². The van der Waals surface area contributed by atoms with Gasteiger partial charge in [0.1, 0.15) is 6.10 Å². The van der Waals surface area contributed by atoms with Gasteiger partial charge in [0.2, 0.25) is 5.78 Å². The first-order valence-electron chi connectivity index (χ1n) is 8.78. The quantitative estimate of drug-likeness (QED) is 0.508. The van der Waals surface area contributed by atoms with E-state index in [0.717, 1.165) is 24.0 Å². The second-order valence-electron chi connectivity index (χ2n) is 8.82. The van der Waals surface area contributed by atoms with Crippen LogP contribution in [0, 0.1) is 16.7 Å². The number of hydrogen-bond donors (Lipinski definition) is 2.